The highest BCUT2D eigenvalue weighted by atomic mass is 16.5. The van der Waals surface area contributed by atoms with Crippen LogP contribution in [-0.2, 0) is 17.2 Å². The molecule has 1 aliphatic rings. The molecule has 0 radical (unpaired) electrons. The van der Waals surface area contributed by atoms with Crippen molar-refractivity contribution in [2.75, 3.05) is 19.8 Å². The first-order valence-corrected chi connectivity index (χ1v) is 8.19. The normalized spacial score (nSPS) is 16.5. The zero-order valence-corrected chi connectivity index (χ0v) is 13.8. The van der Waals surface area contributed by atoms with E-state index in [9.17, 15) is 9.59 Å². The molecule has 1 fully saturated rings. The summed E-state index contributed by atoms with van der Waals surface area (Å²) in [6.07, 6.45) is 3.35. The molecule has 2 heterocycles. The van der Waals surface area contributed by atoms with E-state index in [2.05, 4.69) is 17.4 Å². The third-order valence-corrected chi connectivity index (χ3v) is 4.79. The van der Waals surface area contributed by atoms with Crippen molar-refractivity contribution in [3.05, 3.63) is 70.1 Å². The number of nitrogens with zero attached hydrogens (tertiary/aromatic N) is 1. The van der Waals surface area contributed by atoms with Crippen molar-refractivity contribution in [3.63, 3.8) is 0 Å². The van der Waals surface area contributed by atoms with Crippen molar-refractivity contribution < 1.29 is 9.53 Å². The number of hydrogen-bond donors (Lipinski definition) is 1. The summed E-state index contributed by atoms with van der Waals surface area (Å²) in [7, 11) is 1.66. The zero-order chi connectivity index (χ0) is 17.0. The Morgan fingerprint density at radius 3 is 2.58 bits per heavy atom. The number of aromatic nitrogens is 1. The lowest BCUT2D eigenvalue weighted by molar-refractivity contribution is 0.0487. The number of nitrogens with one attached hydrogen (secondary N) is 1. The van der Waals surface area contributed by atoms with E-state index in [0.29, 0.717) is 25.3 Å². The van der Waals surface area contributed by atoms with Gasteiger partial charge in [0.1, 0.15) is 0 Å². The van der Waals surface area contributed by atoms with Crippen molar-refractivity contribution in [2.45, 2.75) is 18.3 Å². The van der Waals surface area contributed by atoms with Crippen molar-refractivity contribution in [3.8, 4) is 0 Å². The highest BCUT2D eigenvalue weighted by molar-refractivity contribution is 5.94. The van der Waals surface area contributed by atoms with Gasteiger partial charge in [-0.1, -0.05) is 30.3 Å². The topological polar surface area (TPSA) is 60.3 Å². The fourth-order valence-corrected chi connectivity index (χ4v) is 3.16. The highest BCUT2D eigenvalue weighted by Crippen LogP contribution is 2.34. The molecule has 5 heteroatoms. The van der Waals surface area contributed by atoms with Crippen molar-refractivity contribution in [2.24, 2.45) is 7.05 Å². The Morgan fingerprint density at radius 1 is 1.21 bits per heavy atom. The molecule has 1 aromatic heterocycles. The minimum Gasteiger partial charge on any atom is -0.381 e. The van der Waals surface area contributed by atoms with Gasteiger partial charge in [-0.05, 0) is 24.5 Å². The van der Waals surface area contributed by atoms with Gasteiger partial charge in [-0.2, -0.15) is 0 Å². The molecule has 1 N–H and O–H groups in total. The summed E-state index contributed by atoms with van der Waals surface area (Å²) < 4.78 is 6.95. The first-order valence-electron chi connectivity index (χ1n) is 8.19. The Labute approximate surface area is 141 Å². The first kappa shape index (κ1) is 16.5. The smallest absolute Gasteiger partial charge is 0.251 e. The van der Waals surface area contributed by atoms with Gasteiger partial charge in [0.2, 0.25) is 0 Å². The lowest BCUT2D eigenvalue weighted by Gasteiger charge is -2.38. The molecule has 24 heavy (non-hydrogen) atoms. The Balaban J connectivity index is 1.77. The third kappa shape index (κ3) is 3.41. The van der Waals surface area contributed by atoms with Crippen LogP contribution in [0.2, 0.25) is 0 Å². The maximum Gasteiger partial charge on any atom is 0.251 e. The van der Waals surface area contributed by atoms with Crippen LogP contribution in [0.5, 0.6) is 0 Å². The largest absolute Gasteiger partial charge is 0.381 e. The Hall–Kier alpha value is -2.40. The molecule has 0 spiro atoms. The van der Waals surface area contributed by atoms with Gasteiger partial charge in [0.05, 0.1) is 0 Å². The maximum atomic E-state index is 12.4. The summed E-state index contributed by atoms with van der Waals surface area (Å²) in [5.74, 6) is -0.213. The van der Waals surface area contributed by atoms with Crippen molar-refractivity contribution in [1.82, 2.24) is 9.88 Å². The molecule has 0 bridgehead atoms. The molecule has 2 aromatic rings. The van der Waals surface area contributed by atoms with Gasteiger partial charge in [-0.3, -0.25) is 9.59 Å². The van der Waals surface area contributed by atoms with Gasteiger partial charge in [-0.15, -0.1) is 0 Å². The second kappa shape index (κ2) is 7.01. The number of carbonyl (C=O) groups excluding carboxylic acids is 1. The Kier molecular flexibility index (Phi) is 4.81. The Bertz CT molecular complexity index is 762. The number of benzene rings is 1. The number of hydrogen-bond acceptors (Lipinski definition) is 3. The van der Waals surface area contributed by atoms with E-state index >= 15 is 0 Å². The molecular formula is C19H22N2O3. The quantitative estimate of drug-likeness (QED) is 0.933. The predicted molar refractivity (Wildman–Crippen MR) is 92.2 cm³/mol. The summed E-state index contributed by atoms with van der Waals surface area (Å²) in [5, 5.41) is 3.01. The standard InChI is InChI=1S/C19H22N2O3/c1-21-10-7-15(13-17(21)22)18(23)20-14-19(8-11-24-12-9-19)16-5-3-2-4-6-16/h2-7,10,13H,8-9,11-12,14H2,1H3,(H,20,23). The average Bonchev–Trinajstić information content (AvgIpc) is 2.63. The fourth-order valence-electron chi connectivity index (χ4n) is 3.16. The first-order chi connectivity index (χ1) is 11.6. The number of carbonyl (C=O) groups is 1. The molecule has 1 saturated heterocycles. The van der Waals surface area contributed by atoms with E-state index in [0.717, 1.165) is 12.8 Å². The van der Waals surface area contributed by atoms with Crippen LogP contribution in [-0.4, -0.2) is 30.2 Å². The van der Waals surface area contributed by atoms with E-state index in [1.165, 1.54) is 16.2 Å². The zero-order valence-electron chi connectivity index (χ0n) is 13.8. The molecule has 0 saturated carbocycles. The van der Waals surface area contributed by atoms with E-state index in [1.807, 2.05) is 18.2 Å². The number of ether oxygens (including phenoxy) is 1. The lowest BCUT2D eigenvalue weighted by Crippen LogP contribution is -2.44. The van der Waals surface area contributed by atoms with E-state index < -0.39 is 0 Å². The summed E-state index contributed by atoms with van der Waals surface area (Å²) in [5.41, 5.74) is 1.31. The average molecular weight is 326 g/mol. The van der Waals surface area contributed by atoms with Crippen LogP contribution < -0.4 is 10.9 Å². The third-order valence-electron chi connectivity index (χ3n) is 4.79. The lowest BCUT2D eigenvalue weighted by atomic mass is 9.74. The van der Waals surface area contributed by atoms with Crippen LogP contribution >= 0.6 is 0 Å². The molecule has 0 unspecified atom stereocenters. The van der Waals surface area contributed by atoms with Gasteiger partial charge in [0, 0.05) is 50.0 Å². The van der Waals surface area contributed by atoms with Crippen LogP contribution in [0.4, 0.5) is 0 Å². The minimum absolute atomic E-state index is 0.116. The van der Waals surface area contributed by atoms with Gasteiger partial charge >= 0.3 is 0 Å². The van der Waals surface area contributed by atoms with Crippen LogP contribution in [0.25, 0.3) is 0 Å². The summed E-state index contributed by atoms with van der Waals surface area (Å²) in [6.45, 7) is 1.92. The molecule has 0 aliphatic carbocycles. The van der Waals surface area contributed by atoms with Gasteiger partial charge in [-0.25, -0.2) is 0 Å². The molecule has 5 nitrogen and oxygen atoms in total. The monoisotopic (exact) mass is 326 g/mol. The van der Waals surface area contributed by atoms with E-state index in [-0.39, 0.29) is 16.9 Å². The van der Waals surface area contributed by atoms with Crippen LogP contribution in [0, 0.1) is 0 Å². The highest BCUT2D eigenvalue weighted by Gasteiger charge is 2.34. The molecular weight excluding hydrogens is 304 g/mol. The number of aryl methyl sites for hydroxylation is 1. The van der Waals surface area contributed by atoms with Crippen LogP contribution in [0.15, 0.2) is 53.5 Å². The SMILES string of the molecule is Cn1ccc(C(=O)NCC2(c3ccccc3)CCOCC2)cc1=O. The molecule has 0 atom stereocenters. The van der Waals surface area contributed by atoms with Crippen LogP contribution in [0.3, 0.4) is 0 Å². The number of rotatable bonds is 4. The fraction of sp³-hybridized carbons (Fsp3) is 0.368. The van der Waals surface area contributed by atoms with Crippen molar-refractivity contribution >= 4 is 5.91 Å². The summed E-state index contributed by atoms with van der Waals surface area (Å²) in [4.78, 5) is 24.1. The van der Waals surface area contributed by atoms with Gasteiger partial charge in [0.15, 0.2) is 0 Å². The second-order valence-corrected chi connectivity index (χ2v) is 6.31. The van der Waals surface area contributed by atoms with Gasteiger partial charge < -0.3 is 14.6 Å². The summed E-state index contributed by atoms with van der Waals surface area (Å²) >= 11 is 0. The second-order valence-electron chi connectivity index (χ2n) is 6.31. The molecule has 3 rings (SSSR count). The predicted octanol–water partition coefficient (Wildman–Crippen LogP) is 1.86. The molecule has 1 aliphatic heterocycles. The van der Waals surface area contributed by atoms with E-state index in [1.54, 1.807) is 19.3 Å². The molecule has 126 valence electrons. The maximum absolute atomic E-state index is 12.4. The molecule has 1 aromatic carbocycles. The summed E-state index contributed by atoms with van der Waals surface area (Å²) in [6, 6.07) is 13.3. The van der Waals surface area contributed by atoms with Crippen molar-refractivity contribution in [1.29, 1.82) is 0 Å². The minimum atomic E-state index is -0.213. The Morgan fingerprint density at radius 2 is 1.92 bits per heavy atom. The number of pyridine rings is 1. The van der Waals surface area contributed by atoms with Crippen LogP contribution in [0.1, 0.15) is 28.8 Å². The molecule has 1 amide bonds. The van der Waals surface area contributed by atoms with E-state index in [4.69, 9.17) is 4.74 Å². The number of amides is 1. The van der Waals surface area contributed by atoms with Gasteiger partial charge in [0.25, 0.3) is 11.5 Å².